The van der Waals surface area contributed by atoms with Gasteiger partial charge in [0.15, 0.2) is 0 Å². The van der Waals surface area contributed by atoms with E-state index in [0.29, 0.717) is 19.6 Å². The summed E-state index contributed by atoms with van der Waals surface area (Å²) < 4.78 is 5.12. The van der Waals surface area contributed by atoms with Gasteiger partial charge in [0.05, 0.1) is 19.3 Å². The molecule has 2 atom stereocenters. The van der Waals surface area contributed by atoms with Gasteiger partial charge >= 0.3 is 0 Å². The van der Waals surface area contributed by atoms with E-state index in [0.717, 1.165) is 18.7 Å². The quantitative estimate of drug-likeness (QED) is 0.825. The van der Waals surface area contributed by atoms with E-state index in [4.69, 9.17) is 4.74 Å². The maximum Gasteiger partial charge on any atom is 0.234 e. The van der Waals surface area contributed by atoms with Crippen LogP contribution in [0.2, 0.25) is 0 Å². The molecule has 1 saturated heterocycles. The topological polar surface area (TPSA) is 61.8 Å². The number of nitrogens with one attached hydrogen (secondary N) is 1. The number of benzene rings is 1. The number of hydrogen-bond donors (Lipinski definition) is 2. The van der Waals surface area contributed by atoms with Crippen molar-refractivity contribution in [1.29, 1.82) is 0 Å². The first-order valence-electron chi connectivity index (χ1n) is 7.75. The van der Waals surface area contributed by atoms with Crippen molar-refractivity contribution in [2.45, 2.75) is 25.9 Å². The second-order valence-corrected chi connectivity index (χ2v) is 6.38. The van der Waals surface area contributed by atoms with Gasteiger partial charge in [-0.1, -0.05) is 19.1 Å². The summed E-state index contributed by atoms with van der Waals surface area (Å²) in [7, 11) is 1.64. The largest absolute Gasteiger partial charge is 0.497 e. The Morgan fingerprint density at radius 1 is 1.45 bits per heavy atom. The van der Waals surface area contributed by atoms with E-state index in [1.807, 2.05) is 43.0 Å². The van der Waals surface area contributed by atoms with Crippen molar-refractivity contribution in [1.82, 2.24) is 10.2 Å². The van der Waals surface area contributed by atoms with E-state index in [-0.39, 0.29) is 11.8 Å². The first-order chi connectivity index (χ1) is 10.4. The number of β-amino-alcohol motifs (C(OH)–C–C–N with tert-alkyl or cyclic N) is 1. The van der Waals surface area contributed by atoms with Crippen molar-refractivity contribution in [3.63, 3.8) is 0 Å². The Kier molecular flexibility index (Phi) is 5.42. The molecular formula is C17H26N2O3. The third-order valence-electron chi connectivity index (χ3n) is 4.40. The number of methoxy groups -OCH3 is 1. The number of hydrogen-bond acceptors (Lipinski definition) is 4. The predicted molar refractivity (Wildman–Crippen MR) is 85.9 cm³/mol. The van der Waals surface area contributed by atoms with Crippen molar-refractivity contribution < 1.29 is 14.6 Å². The van der Waals surface area contributed by atoms with Crippen molar-refractivity contribution in [2.24, 2.45) is 5.92 Å². The number of amides is 1. The first kappa shape index (κ1) is 16.8. The molecule has 2 N–H and O–H groups in total. The van der Waals surface area contributed by atoms with Gasteiger partial charge in [-0.05, 0) is 37.0 Å². The molecule has 1 amide bonds. The highest BCUT2D eigenvalue weighted by molar-refractivity contribution is 5.78. The Labute approximate surface area is 132 Å². The van der Waals surface area contributed by atoms with Crippen LogP contribution in [0.1, 0.15) is 19.4 Å². The van der Waals surface area contributed by atoms with Crippen LogP contribution in [0.15, 0.2) is 24.3 Å². The molecule has 1 aromatic rings. The lowest BCUT2D eigenvalue weighted by Crippen LogP contribution is -2.39. The zero-order chi connectivity index (χ0) is 16.2. The van der Waals surface area contributed by atoms with E-state index >= 15 is 0 Å². The minimum Gasteiger partial charge on any atom is -0.497 e. The maximum absolute atomic E-state index is 12.0. The van der Waals surface area contributed by atoms with Crippen LogP contribution in [-0.4, -0.2) is 54.8 Å². The Balaban J connectivity index is 1.70. The Bertz CT molecular complexity index is 499. The van der Waals surface area contributed by atoms with E-state index in [2.05, 4.69) is 5.32 Å². The molecule has 1 heterocycles. The molecule has 1 fully saturated rings. The molecule has 0 saturated carbocycles. The molecule has 5 heteroatoms. The Morgan fingerprint density at radius 3 is 2.68 bits per heavy atom. The fraction of sp³-hybridized carbons (Fsp3) is 0.588. The molecule has 0 bridgehead atoms. The number of ether oxygens (including phenoxy) is 1. The summed E-state index contributed by atoms with van der Waals surface area (Å²) in [5.74, 6) is 1.04. The first-order valence-corrected chi connectivity index (χ1v) is 7.75. The molecular weight excluding hydrogens is 280 g/mol. The highest BCUT2D eigenvalue weighted by atomic mass is 16.5. The van der Waals surface area contributed by atoms with Gasteiger partial charge in [0, 0.05) is 19.6 Å². The number of carbonyl (C=O) groups is 1. The zero-order valence-corrected chi connectivity index (χ0v) is 13.6. The molecule has 1 aromatic carbocycles. The van der Waals surface area contributed by atoms with Gasteiger partial charge in [0.2, 0.25) is 5.91 Å². The van der Waals surface area contributed by atoms with Crippen molar-refractivity contribution >= 4 is 5.91 Å². The van der Waals surface area contributed by atoms with Crippen molar-refractivity contribution in [3.8, 4) is 5.75 Å². The molecule has 5 nitrogen and oxygen atoms in total. The Hall–Kier alpha value is -1.59. The van der Waals surface area contributed by atoms with Crippen molar-refractivity contribution in [3.05, 3.63) is 29.8 Å². The molecule has 122 valence electrons. The van der Waals surface area contributed by atoms with Crippen LogP contribution in [0.3, 0.4) is 0 Å². The fourth-order valence-electron chi connectivity index (χ4n) is 2.77. The predicted octanol–water partition coefficient (Wildman–Crippen LogP) is 1.06. The molecule has 22 heavy (non-hydrogen) atoms. The van der Waals surface area contributed by atoms with Crippen LogP contribution in [0.5, 0.6) is 5.75 Å². The summed E-state index contributed by atoms with van der Waals surface area (Å²) in [6, 6.07) is 7.85. The zero-order valence-electron chi connectivity index (χ0n) is 13.6. The van der Waals surface area contributed by atoms with Gasteiger partial charge in [-0.3, -0.25) is 9.69 Å². The molecule has 1 aliphatic heterocycles. The second-order valence-electron chi connectivity index (χ2n) is 6.38. The van der Waals surface area contributed by atoms with Crippen LogP contribution in [-0.2, 0) is 11.2 Å². The average molecular weight is 306 g/mol. The van der Waals surface area contributed by atoms with Crippen LogP contribution >= 0.6 is 0 Å². The lowest BCUT2D eigenvalue weighted by atomic mass is 9.95. The molecule has 0 radical (unpaired) electrons. The monoisotopic (exact) mass is 306 g/mol. The summed E-state index contributed by atoms with van der Waals surface area (Å²) >= 11 is 0. The Morgan fingerprint density at radius 2 is 2.14 bits per heavy atom. The summed E-state index contributed by atoms with van der Waals surface area (Å²) in [5.41, 5.74) is 0.474. The highest BCUT2D eigenvalue weighted by Crippen LogP contribution is 2.26. The van der Waals surface area contributed by atoms with Crippen LogP contribution in [0.4, 0.5) is 0 Å². The number of aliphatic hydroxyl groups is 1. The van der Waals surface area contributed by atoms with Gasteiger partial charge < -0.3 is 15.2 Å². The van der Waals surface area contributed by atoms with Gasteiger partial charge in [-0.2, -0.15) is 0 Å². The van der Waals surface area contributed by atoms with Crippen molar-refractivity contribution in [2.75, 3.05) is 33.3 Å². The minimum atomic E-state index is -0.691. The van der Waals surface area contributed by atoms with Gasteiger partial charge in [-0.25, -0.2) is 0 Å². The normalized spacial score (nSPS) is 25.2. The lowest BCUT2D eigenvalue weighted by Gasteiger charge is -2.20. The SMILES string of the molecule is COc1ccc(CCNC(=O)CN2C[C@@H](C)[C@@](C)(O)C2)cc1. The summed E-state index contributed by atoms with van der Waals surface area (Å²) in [6.07, 6.45) is 0.795. The molecule has 0 unspecified atom stereocenters. The number of rotatable bonds is 6. The summed E-state index contributed by atoms with van der Waals surface area (Å²) in [6.45, 7) is 6.13. The lowest BCUT2D eigenvalue weighted by molar-refractivity contribution is -0.122. The van der Waals surface area contributed by atoms with E-state index < -0.39 is 5.60 Å². The van der Waals surface area contributed by atoms with Crippen LogP contribution < -0.4 is 10.1 Å². The van der Waals surface area contributed by atoms with Gasteiger partial charge in [0.1, 0.15) is 5.75 Å². The molecule has 0 aliphatic carbocycles. The fourth-order valence-corrected chi connectivity index (χ4v) is 2.77. The van der Waals surface area contributed by atoms with Gasteiger partial charge in [0.25, 0.3) is 0 Å². The van der Waals surface area contributed by atoms with Crippen LogP contribution in [0, 0.1) is 5.92 Å². The van der Waals surface area contributed by atoms with Gasteiger partial charge in [-0.15, -0.1) is 0 Å². The number of nitrogens with zero attached hydrogens (tertiary/aromatic N) is 1. The smallest absolute Gasteiger partial charge is 0.234 e. The van der Waals surface area contributed by atoms with E-state index in [9.17, 15) is 9.90 Å². The highest BCUT2D eigenvalue weighted by Gasteiger charge is 2.38. The summed E-state index contributed by atoms with van der Waals surface area (Å²) in [5, 5.41) is 13.1. The minimum absolute atomic E-state index is 0.0124. The second kappa shape index (κ2) is 7.11. The van der Waals surface area contributed by atoms with Crippen LogP contribution in [0.25, 0.3) is 0 Å². The molecule has 0 aromatic heterocycles. The van der Waals surface area contributed by atoms with E-state index in [1.54, 1.807) is 7.11 Å². The molecule has 0 spiro atoms. The van der Waals surface area contributed by atoms with E-state index in [1.165, 1.54) is 5.56 Å². The molecule has 2 rings (SSSR count). The average Bonchev–Trinajstić information content (AvgIpc) is 2.72. The standard InChI is InChI=1S/C17H26N2O3/c1-13-10-19(12-17(13,2)21)11-16(20)18-9-8-14-4-6-15(22-3)7-5-14/h4-7,13,21H,8-12H2,1-3H3,(H,18,20)/t13-,17+/m1/s1. The maximum atomic E-state index is 12.0. The number of likely N-dealkylation sites (tertiary alicyclic amines) is 1. The number of carbonyl (C=O) groups excluding carboxylic acids is 1. The third-order valence-corrected chi connectivity index (χ3v) is 4.40. The molecule has 1 aliphatic rings. The third kappa shape index (κ3) is 4.45. The summed E-state index contributed by atoms with van der Waals surface area (Å²) in [4.78, 5) is 14.0.